The van der Waals surface area contributed by atoms with Gasteiger partial charge < -0.3 is 10.5 Å². The summed E-state index contributed by atoms with van der Waals surface area (Å²) in [6.07, 6.45) is 1.86. The number of esters is 1. The third kappa shape index (κ3) is 5.00. The van der Waals surface area contributed by atoms with E-state index in [4.69, 9.17) is 5.73 Å². The Morgan fingerprint density at radius 2 is 1.88 bits per heavy atom. The number of ether oxygens (including phenoxy) is 1. The minimum atomic E-state index is -0.194. The first kappa shape index (κ1) is 13.7. The Balaban J connectivity index is 2.50. The van der Waals surface area contributed by atoms with Gasteiger partial charge in [0, 0.05) is 12.5 Å². The molecule has 0 aliphatic heterocycles. The minimum absolute atomic E-state index is 0.00954. The Morgan fingerprint density at radius 1 is 1.29 bits per heavy atom. The fourth-order valence-corrected chi connectivity index (χ4v) is 2.00. The molecule has 2 N–H and O–H groups in total. The Labute approximate surface area is 103 Å². The van der Waals surface area contributed by atoms with Crippen LogP contribution in [0.25, 0.3) is 0 Å². The van der Waals surface area contributed by atoms with Crippen molar-refractivity contribution in [3.05, 3.63) is 34.9 Å². The summed E-state index contributed by atoms with van der Waals surface area (Å²) in [5.74, 6) is -0.194. The number of rotatable bonds is 5. The summed E-state index contributed by atoms with van der Waals surface area (Å²) < 4.78 is 4.59. The van der Waals surface area contributed by atoms with E-state index in [1.54, 1.807) is 0 Å². The van der Waals surface area contributed by atoms with Crippen molar-refractivity contribution in [2.24, 2.45) is 5.73 Å². The van der Waals surface area contributed by atoms with Crippen molar-refractivity contribution in [1.82, 2.24) is 0 Å². The number of methoxy groups -OCH3 is 1. The van der Waals surface area contributed by atoms with Gasteiger partial charge in [0.25, 0.3) is 0 Å². The second-order valence-electron chi connectivity index (χ2n) is 4.57. The van der Waals surface area contributed by atoms with Crippen LogP contribution in [0.5, 0.6) is 0 Å². The van der Waals surface area contributed by atoms with Gasteiger partial charge in [0.15, 0.2) is 0 Å². The van der Waals surface area contributed by atoms with Gasteiger partial charge in [-0.15, -0.1) is 0 Å². The molecule has 0 radical (unpaired) electrons. The molecular formula is C14H21NO2. The summed E-state index contributed by atoms with van der Waals surface area (Å²) in [5.41, 5.74) is 9.74. The SMILES string of the molecule is COC(=O)CCC(N)Cc1cc(C)cc(C)c1. The van der Waals surface area contributed by atoms with Crippen LogP contribution in [-0.4, -0.2) is 19.1 Å². The molecule has 1 aromatic rings. The number of nitrogens with two attached hydrogens (primary N) is 1. The zero-order chi connectivity index (χ0) is 12.8. The van der Waals surface area contributed by atoms with Crippen LogP contribution < -0.4 is 5.73 Å². The lowest BCUT2D eigenvalue weighted by Gasteiger charge is -2.12. The molecule has 0 heterocycles. The molecular weight excluding hydrogens is 214 g/mol. The lowest BCUT2D eigenvalue weighted by molar-refractivity contribution is -0.140. The molecule has 0 amide bonds. The maximum absolute atomic E-state index is 11.0. The lowest BCUT2D eigenvalue weighted by atomic mass is 9.99. The zero-order valence-corrected chi connectivity index (χ0v) is 10.8. The molecule has 1 rings (SSSR count). The van der Waals surface area contributed by atoms with Gasteiger partial charge in [0.2, 0.25) is 0 Å². The van der Waals surface area contributed by atoms with Crippen molar-refractivity contribution in [1.29, 1.82) is 0 Å². The van der Waals surface area contributed by atoms with E-state index in [0.717, 1.165) is 6.42 Å². The Morgan fingerprint density at radius 3 is 2.41 bits per heavy atom. The van der Waals surface area contributed by atoms with Gasteiger partial charge in [-0.2, -0.15) is 0 Å². The van der Waals surface area contributed by atoms with Crippen molar-refractivity contribution in [2.75, 3.05) is 7.11 Å². The van der Waals surface area contributed by atoms with Crippen LogP contribution in [0.15, 0.2) is 18.2 Å². The Hall–Kier alpha value is -1.35. The van der Waals surface area contributed by atoms with Gasteiger partial charge in [-0.3, -0.25) is 4.79 Å². The van der Waals surface area contributed by atoms with Crippen LogP contribution in [0, 0.1) is 13.8 Å². The summed E-state index contributed by atoms with van der Waals surface area (Å²) >= 11 is 0. The third-order valence-corrected chi connectivity index (χ3v) is 2.73. The van der Waals surface area contributed by atoms with Gasteiger partial charge >= 0.3 is 5.97 Å². The normalized spacial score (nSPS) is 12.2. The van der Waals surface area contributed by atoms with E-state index in [1.165, 1.54) is 23.8 Å². The molecule has 1 atom stereocenters. The van der Waals surface area contributed by atoms with Gasteiger partial charge in [-0.1, -0.05) is 29.3 Å². The van der Waals surface area contributed by atoms with Gasteiger partial charge in [-0.05, 0) is 32.3 Å². The molecule has 0 aliphatic carbocycles. The van der Waals surface area contributed by atoms with E-state index < -0.39 is 0 Å². The van der Waals surface area contributed by atoms with E-state index in [2.05, 4.69) is 36.8 Å². The van der Waals surface area contributed by atoms with Crippen LogP contribution in [0.2, 0.25) is 0 Å². The summed E-state index contributed by atoms with van der Waals surface area (Å²) in [6, 6.07) is 6.44. The number of hydrogen-bond acceptors (Lipinski definition) is 3. The van der Waals surface area contributed by atoms with Crippen molar-refractivity contribution in [3.8, 4) is 0 Å². The van der Waals surface area contributed by atoms with Crippen LogP contribution in [0.3, 0.4) is 0 Å². The van der Waals surface area contributed by atoms with E-state index in [9.17, 15) is 4.79 Å². The van der Waals surface area contributed by atoms with E-state index in [-0.39, 0.29) is 12.0 Å². The second-order valence-corrected chi connectivity index (χ2v) is 4.57. The van der Waals surface area contributed by atoms with E-state index in [1.807, 2.05) is 0 Å². The number of hydrogen-bond donors (Lipinski definition) is 1. The highest BCUT2D eigenvalue weighted by atomic mass is 16.5. The summed E-state index contributed by atoms with van der Waals surface area (Å²) in [5, 5.41) is 0. The molecule has 3 nitrogen and oxygen atoms in total. The number of aryl methyl sites for hydroxylation is 2. The zero-order valence-electron chi connectivity index (χ0n) is 10.8. The molecule has 3 heteroatoms. The van der Waals surface area contributed by atoms with Crippen molar-refractivity contribution in [2.45, 2.75) is 39.2 Å². The predicted molar refractivity (Wildman–Crippen MR) is 68.8 cm³/mol. The first-order chi connectivity index (χ1) is 8.01. The first-order valence-electron chi connectivity index (χ1n) is 5.91. The number of carbonyl (C=O) groups excluding carboxylic acids is 1. The molecule has 0 fully saturated rings. The molecule has 17 heavy (non-hydrogen) atoms. The average Bonchev–Trinajstić information content (AvgIpc) is 2.24. The molecule has 0 aromatic heterocycles. The fourth-order valence-electron chi connectivity index (χ4n) is 2.00. The van der Waals surface area contributed by atoms with Crippen molar-refractivity contribution >= 4 is 5.97 Å². The highest BCUT2D eigenvalue weighted by Crippen LogP contribution is 2.12. The molecule has 0 saturated heterocycles. The highest BCUT2D eigenvalue weighted by molar-refractivity contribution is 5.69. The quantitative estimate of drug-likeness (QED) is 0.795. The monoisotopic (exact) mass is 235 g/mol. The topological polar surface area (TPSA) is 52.3 Å². The smallest absolute Gasteiger partial charge is 0.305 e. The van der Waals surface area contributed by atoms with Gasteiger partial charge in [0.1, 0.15) is 0 Å². The van der Waals surface area contributed by atoms with Crippen LogP contribution in [0.4, 0.5) is 0 Å². The van der Waals surface area contributed by atoms with Crippen molar-refractivity contribution in [3.63, 3.8) is 0 Å². The lowest BCUT2D eigenvalue weighted by Crippen LogP contribution is -2.24. The van der Waals surface area contributed by atoms with E-state index in [0.29, 0.717) is 12.8 Å². The number of carbonyl (C=O) groups is 1. The first-order valence-corrected chi connectivity index (χ1v) is 5.91. The Kier molecular flexibility index (Phi) is 5.16. The van der Waals surface area contributed by atoms with Crippen LogP contribution in [0.1, 0.15) is 29.5 Å². The second kappa shape index (κ2) is 6.40. The largest absolute Gasteiger partial charge is 0.469 e. The minimum Gasteiger partial charge on any atom is -0.469 e. The molecule has 1 aromatic carbocycles. The fraction of sp³-hybridized carbons (Fsp3) is 0.500. The van der Waals surface area contributed by atoms with Gasteiger partial charge in [-0.25, -0.2) is 0 Å². The van der Waals surface area contributed by atoms with Crippen LogP contribution >= 0.6 is 0 Å². The molecule has 1 unspecified atom stereocenters. The predicted octanol–water partition coefficient (Wildman–Crippen LogP) is 2.13. The summed E-state index contributed by atoms with van der Waals surface area (Å²) in [7, 11) is 1.40. The van der Waals surface area contributed by atoms with E-state index >= 15 is 0 Å². The molecule has 0 spiro atoms. The summed E-state index contributed by atoms with van der Waals surface area (Å²) in [6.45, 7) is 4.16. The Bertz CT molecular complexity index is 368. The maximum atomic E-state index is 11.0. The summed E-state index contributed by atoms with van der Waals surface area (Å²) in [4.78, 5) is 11.0. The molecule has 0 saturated carbocycles. The van der Waals surface area contributed by atoms with Crippen LogP contribution in [-0.2, 0) is 16.0 Å². The molecule has 94 valence electrons. The standard InChI is InChI=1S/C14H21NO2/c1-10-6-11(2)8-12(7-10)9-13(15)4-5-14(16)17-3/h6-8,13H,4-5,9,15H2,1-3H3. The third-order valence-electron chi connectivity index (χ3n) is 2.73. The maximum Gasteiger partial charge on any atom is 0.305 e. The number of benzene rings is 1. The average molecular weight is 235 g/mol. The molecule has 0 bridgehead atoms. The van der Waals surface area contributed by atoms with Gasteiger partial charge in [0.05, 0.1) is 7.11 Å². The van der Waals surface area contributed by atoms with Crippen molar-refractivity contribution < 1.29 is 9.53 Å². The highest BCUT2D eigenvalue weighted by Gasteiger charge is 2.08. The molecule has 0 aliphatic rings.